The van der Waals surface area contributed by atoms with Gasteiger partial charge < -0.3 is 11.5 Å². The Bertz CT molecular complexity index is 286. The number of nitrogens with two attached hydrogens (primary N) is 2. The lowest BCUT2D eigenvalue weighted by molar-refractivity contribution is 1.28. The third-order valence-electron chi connectivity index (χ3n) is 1.17. The van der Waals surface area contributed by atoms with Crippen molar-refractivity contribution in [3.63, 3.8) is 0 Å². The number of allylic oxidation sites excluding steroid dienone is 1. The van der Waals surface area contributed by atoms with Crippen LogP contribution in [-0.2, 0) is 0 Å². The van der Waals surface area contributed by atoms with E-state index in [9.17, 15) is 0 Å². The molecule has 0 unspecified atom stereocenters. The average molecular weight is 162 g/mol. The summed E-state index contributed by atoms with van der Waals surface area (Å²) in [7, 11) is 0. The molecular weight excluding hydrogens is 152 g/mol. The molecule has 1 rings (SSSR count). The molecule has 0 bridgehead atoms. The normalized spacial score (nSPS) is 11.3. The molecule has 0 amide bonds. The van der Waals surface area contributed by atoms with Crippen LogP contribution in [0.3, 0.4) is 0 Å². The molecule has 0 atom stereocenters. The van der Waals surface area contributed by atoms with E-state index in [0.29, 0.717) is 11.5 Å². The van der Waals surface area contributed by atoms with Crippen LogP contribution >= 0.6 is 0 Å². The van der Waals surface area contributed by atoms with Gasteiger partial charge in [-0.15, -0.1) is 0 Å². The number of nitrogen functional groups attached to an aromatic ring is 1. The number of hydrogen-bond donors (Lipinski definition) is 2. The highest BCUT2D eigenvalue weighted by molar-refractivity contribution is 5.73. The SMILES string of the molecule is NC=CC=Nc1ccc(N)cn1. The summed E-state index contributed by atoms with van der Waals surface area (Å²) in [6, 6.07) is 3.47. The summed E-state index contributed by atoms with van der Waals surface area (Å²) in [6.45, 7) is 0. The fourth-order valence-corrected chi connectivity index (χ4v) is 0.643. The van der Waals surface area contributed by atoms with Gasteiger partial charge in [-0.25, -0.2) is 9.98 Å². The maximum atomic E-state index is 5.43. The smallest absolute Gasteiger partial charge is 0.151 e. The van der Waals surface area contributed by atoms with E-state index in [2.05, 4.69) is 9.98 Å². The predicted octanol–water partition coefficient (Wildman–Crippen LogP) is 0.839. The minimum Gasteiger partial charge on any atom is -0.405 e. The quantitative estimate of drug-likeness (QED) is 0.632. The molecule has 0 radical (unpaired) electrons. The zero-order valence-electron chi connectivity index (χ0n) is 6.51. The second-order valence-electron chi connectivity index (χ2n) is 2.11. The molecule has 0 aliphatic heterocycles. The summed E-state index contributed by atoms with van der Waals surface area (Å²) in [5, 5.41) is 0. The lowest BCUT2D eigenvalue weighted by Crippen LogP contribution is -1.84. The number of aliphatic imine (C=N–C) groups is 1. The first-order valence-corrected chi connectivity index (χ1v) is 3.45. The monoisotopic (exact) mass is 162 g/mol. The molecule has 1 aromatic heterocycles. The van der Waals surface area contributed by atoms with Crippen LogP contribution in [0, 0.1) is 0 Å². The molecule has 0 aliphatic carbocycles. The van der Waals surface area contributed by atoms with Crippen molar-refractivity contribution in [2.75, 3.05) is 5.73 Å². The van der Waals surface area contributed by atoms with Crippen molar-refractivity contribution in [1.29, 1.82) is 0 Å². The molecule has 4 nitrogen and oxygen atoms in total. The van der Waals surface area contributed by atoms with Crippen molar-refractivity contribution >= 4 is 17.7 Å². The van der Waals surface area contributed by atoms with Crippen molar-refractivity contribution in [1.82, 2.24) is 4.98 Å². The van der Waals surface area contributed by atoms with E-state index in [1.165, 1.54) is 6.20 Å². The van der Waals surface area contributed by atoms with E-state index >= 15 is 0 Å². The zero-order chi connectivity index (χ0) is 8.81. The van der Waals surface area contributed by atoms with Gasteiger partial charge in [-0.1, -0.05) is 0 Å². The van der Waals surface area contributed by atoms with Gasteiger partial charge in [0, 0.05) is 6.21 Å². The van der Waals surface area contributed by atoms with Crippen LogP contribution in [0.4, 0.5) is 11.5 Å². The van der Waals surface area contributed by atoms with Crippen molar-refractivity contribution < 1.29 is 0 Å². The molecule has 0 aromatic carbocycles. The van der Waals surface area contributed by atoms with Crippen LogP contribution in [0.1, 0.15) is 0 Å². The summed E-state index contributed by atoms with van der Waals surface area (Å²) >= 11 is 0. The molecule has 62 valence electrons. The standard InChI is InChI=1S/C8H10N4/c9-4-1-5-11-8-3-2-7(10)6-12-8/h1-6H,9-10H2. The third-order valence-corrected chi connectivity index (χ3v) is 1.17. The molecule has 4 heteroatoms. The summed E-state index contributed by atoms with van der Waals surface area (Å²) in [5.41, 5.74) is 11.2. The van der Waals surface area contributed by atoms with Gasteiger partial charge in [0.25, 0.3) is 0 Å². The Hall–Kier alpha value is -1.84. The maximum absolute atomic E-state index is 5.43. The number of anilines is 1. The fraction of sp³-hybridized carbons (Fsp3) is 0. The van der Waals surface area contributed by atoms with Gasteiger partial charge in [-0.05, 0) is 24.4 Å². The summed E-state index contributed by atoms with van der Waals surface area (Å²) in [5.74, 6) is 0.613. The van der Waals surface area contributed by atoms with E-state index in [4.69, 9.17) is 11.5 Å². The Morgan fingerprint density at radius 2 is 2.25 bits per heavy atom. The van der Waals surface area contributed by atoms with Crippen molar-refractivity contribution in [3.8, 4) is 0 Å². The zero-order valence-corrected chi connectivity index (χ0v) is 6.51. The largest absolute Gasteiger partial charge is 0.405 e. The van der Waals surface area contributed by atoms with Gasteiger partial charge in [-0.2, -0.15) is 0 Å². The Morgan fingerprint density at radius 1 is 1.42 bits per heavy atom. The van der Waals surface area contributed by atoms with E-state index in [1.807, 2.05) is 0 Å². The average Bonchev–Trinajstić information content (AvgIpc) is 2.09. The lowest BCUT2D eigenvalue weighted by atomic mass is 10.4. The number of pyridine rings is 1. The van der Waals surface area contributed by atoms with Gasteiger partial charge in [0.05, 0.1) is 11.9 Å². The molecule has 1 aromatic rings. The second-order valence-corrected chi connectivity index (χ2v) is 2.11. The summed E-state index contributed by atoms with van der Waals surface area (Å²) in [6.07, 6.45) is 6.15. The maximum Gasteiger partial charge on any atom is 0.151 e. The first-order valence-electron chi connectivity index (χ1n) is 3.45. The fourth-order valence-electron chi connectivity index (χ4n) is 0.643. The Morgan fingerprint density at radius 3 is 2.83 bits per heavy atom. The van der Waals surface area contributed by atoms with Gasteiger partial charge in [0.2, 0.25) is 0 Å². The molecule has 0 fully saturated rings. The van der Waals surface area contributed by atoms with Crippen molar-refractivity contribution in [2.24, 2.45) is 10.7 Å². The lowest BCUT2D eigenvalue weighted by Gasteiger charge is -1.91. The number of nitrogens with zero attached hydrogens (tertiary/aromatic N) is 2. The van der Waals surface area contributed by atoms with Gasteiger partial charge in [-0.3, -0.25) is 0 Å². The van der Waals surface area contributed by atoms with Crippen LogP contribution in [0.2, 0.25) is 0 Å². The molecule has 4 N–H and O–H groups in total. The highest BCUT2D eigenvalue weighted by atomic mass is 14.9. The molecular formula is C8H10N4. The Labute approximate surface area is 70.6 Å². The van der Waals surface area contributed by atoms with Crippen molar-refractivity contribution in [3.05, 3.63) is 30.6 Å². The number of hydrogen-bond acceptors (Lipinski definition) is 4. The van der Waals surface area contributed by atoms with E-state index in [-0.39, 0.29) is 0 Å². The first-order chi connectivity index (χ1) is 5.83. The predicted molar refractivity (Wildman–Crippen MR) is 50.1 cm³/mol. The highest BCUT2D eigenvalue weighted by Crippen LogP contribution is 2.08. The topological polar surface area (TPSA) is 77.3 Å². The van der Waals surface area contributed by atoms with Gasteiger partial charge in [0.15, 0.2) is 5.82 Å². The van der Waals surface area contributed by atoms with Crippen molar-refractivity contribution in [2.45, 2.75) is 0 Å². The molecule has 0 aliphatic rings. The third kappa shape index (κ3) is 2.42. The second kappa shape index (κ2) is 4.12. The van der Waals surface area contributed by atoms with Gasteiger partial charge in [0.1, 0.15) is 0 Å². The summed E-state index contributed by atoms with van der Waals surface area (Å²) in [4.78, 5) is 7.93. The van der Waals surface area contributed by atoms with Crippen LogP contribution in [0.5, 0.6) is 0 Å². The van der Waals surface area contributed by atoms with E-state index in [1.54, 1.807) is 30.6 Å². The first kappa shape index (κ1) is 8.26. The van der Waals surface area contributed by atoms with Crippen LogP contribution in [0.25, 0.3) is 0 Å². The Kier molecular flexibility index (Phi) is 2.84. The minimum absolute atomic E-state index is 0.613. The number of rotatable bonds is 2. The van der Waals surface area contributed by atoms with E-state index < -0.39 is 0 Å². The van der Waals surface area contributed by atoms with Crippen LogP contribution < -0.4 is 11.5 Å². The van der Waals surface area contributed by atoms with E-state index in [0.717, 1.165) is 0 Å². The summed E-state index contributed by atoms with van der Waals surface area (Å²) < 4.78 is 0. The Balaban J connectivity index is 2.70. The van der Waals surface area contributed by atoms with Crippen LogP contribution in [-0.4, -0.2) is 11.2 Å². The molecule has 0 spiro atoms. The minimum atomic E-state index is 0.613. The van der Waals surface area contributed by atoms with Gasteiger partial charge >= 0.3 is 0 Å². The molecule has 1 heterocycles. The molecule has 0 saturated carbocycles. The molecule has 12 heavy (non-hydrogen) atoms. The highest BCUT2D eigenvalue weighted by Gasteiger charge is 1.86. The van der Waals surface area contributed by atoms with Crippen LogP contribution in [0.15, 0.2) is 35.6 Å². The number of aromatic nitrogens is 1. The molecule has 0 saturated heterocycles.